The number of guanidine groups is 1. The first-order chi connectivity index (χ1) is 10.2. The average Bonchev–Trinajstić information content (AvgIpc) is 3.11. The zero-order valence-corrected chi connectivity index (χ0v) is 12.8. The van der Waals surface area contributed by atoms with Crippen LogP contribution in [-0.4, -0.2) is 36.3 Å². The Morgan fingerprint density at radius 3 is 2.86 bits per heavy atom. The van der Waals surface area contributed by atoms with Crippen LogP contribution < -0.4 is 10.2 Å². The molecule has 0 saturated heterocycles. The van der Waals surface area contributed by atoms with Gasteiger partial charge in [-0.2, -0.15) is 0 Å². The van der Waals surface area contributed by atoms with E-state index in [-0.39, 0.29) is 0 Å². The van der Waals surface area contributed by atoms with Gasteiger partial charge in [-0.05, 0) is 37.8 Å². The molecule has 1 heterocycles. The van der Waals surface area contributed by atoms with Gasteiger partial charge in [-0.25, -0.2) is 4.99 Å². The second-order valence-corrected chi connectivity index (χ2v) is 6.13. The molecule has 0 bridgehead atoms. The van der Waals surface area contributed by atoms with E-state index in [9.17, 15) is 5.11 Å². The monoisotopic (exact) mass is 287 g/mol. The summed E-state index contributed by atoms with van der Waals surface area (Å²) in [6.07, 6.45) is 5.06. The summed E-state index contributed by atoms with van der Waals surface area (Å²) in [5.41, 5.74) is 2.04. The second kappa shape index (κ2) is 6.06. The Morgan fingerprint density at radius 2 is 2.10 bits per heavy atom. The molecule has 2 N–H and O–H groups in total. The fourth-order valence-electron chi connectivity index (χ4n) is 3.37. The van der Waals surface area contributed by atoms with Crippen LogP contribution in [0.3, 0.4) is 0 Å². The van der Waals surface area contributed by atoms with E-state index in [1.807, 2.05) is 0 Å². The van der Waals surface area contributed by atoms with Crippen LogP contribution in [0.1, 0.15) is 38.2 Å². The summed E-state index contributed by atoms with van der Waals surface area (Å²) in [6, 6.07) is 8.50. The maximum Gasteiger partial charge on any atom is 0.198 e. The van der Waals surface area contributed by atoms with E-state index >= 15 is 0 Å². The maximum atomic E-state index is 10.5. The lowest BCUT2D eigenvalue weighted by molar-refractivity contribution is 0.0574. The average molecular weight is 287 g/mol. The largest absolute Gasteiger partial charge is 0.388 e. The molecule has 1 aliphatic heterocycles. The smallest absolute Gasteiger partial charge is 0.198 e. The minimum atomic E-state index is -0.583. The highest BCUT2D eigenvalue weighted by molar-refractivity contribution is 5.98. The molecule has 1 fully saturated rings. The van der Waals surface area contributed by atoms with E-state index in [0.29, 0.717) is 6.54 Å². The van der Waals surface area contributed by atoms with Gasteiger partial charge in [0, 0.05) is 18.8 Å². The second-order valence-electron chi connectivity index (χ2n) is 6.13. The van der Waals surface area contributed by atoms with Gasteiger partial charge in [-0.1, -0.05) is 31.0 Å². The zero-order valence-electron chi connectivity index (χ0n) is 12.8. The molecule has 4 nitrogen and oxygen atoms in total. The maximum absolute atomic E-state index is 10.5. The van der Waals surface area contributed by atoms with Crippen LogP contribution in [-0.2, 0) is 6.42 Å². The van der Waals surface area contributed by atoms with Gasteiger partial charge in [0.2, 0.25) is 0 Å². The highest BCUT2D eigenvalue weighted by atomic mass is 16.3. The fourth-order valence-corrected chi connectivity index (χ4v) is 3.37. The Hall–Kier alpha value is -1.55. The predicted molar refractivity (Wildman–Crippen MR) is 86.9 cm³/mol. The minimum Gasteiger partial charge on any atom is -0.388 e. The summed E-state index contributed by atoms with van der Waals surface area (Å²) < 4.78 is 0. The van der Waals surface area contributed by atoms with E-state index in [4.69, 9.17) is 4.99 Å². The van der Waals surface area contributed by atoms with Crippen molar-refractivity contribution in [1.29, 1.82) is 0 Å². The molecule has 0 spiro atoms. The number of aliphatic imine (C=N–C) groups is 1. The number of nitrogens with zero attached hydrogens (tertiary/aromatic N) is 2. The predicted octanol–water partition coefficient (Wildman–Crippen LogP) is 2.32. The number of fused-ring (bicyclic) bond motifs is 1. The Bertz CT molecular complexity index is 521. The molecular weight excluding hydrogens is 262 g/mol. The van der Waals surface area contributed by atoms with Crippen molar-refractivity contribution in [2.24, 2.45) is 4.99 Å². The fraction of sp³-hybridized carbons (Fsp3) is 0.588. The van der Waals surface area contributed by atoms with Crippen molar-refractivity contribution in [3.63, 3.8) is 0 Å². The van der Waals surface area contributed by atoms with Crippen molar-refractivity contribution in [2.45, 2.75) is 44.6 Å². The van der Waals surface area contributed by atoms with Crippen molar-refractivity contribution >= 4 is 11.6 Å². The molecule has 4 heteroatoms. The molecule has 0 radical (unpaired) electrons. The minimum absolute atomic E-state index is 0.508. The molecular formula is C17H25N3O. The molecule has 1 saturated carbocycles. The van der Waals surface area contributed by atoms with Crippen LogP contribution in [0.4, 0.5) is 5.69 Å². The summed E-state index contributed by atoms with van der Waals surface area (Å²) in [4.78, 5) is 6.98. The first-order valence-corrected chi connectivity index (χ1v) is 8.08. The van der Waals surface area contributed by atoms with Crippen molar-refractivity contribution in [3.05, 3.63) is 29.8 Å². The standard InChI is InChI=1S/C17H25N3O/c1-2-18-16(19-13-17(21)10-5-6-11-17)20-12-9-14-7-3-4-8-15(14)20/h3-4,7-8,21H,2,5-6,9-13H2,1H3,(H,18,19). The van der Waals surface area contributed by atoms with E-state index < -0.39 is 5.60 Å². The topological polar surface area (TPSA) is 47.9 Å². The van der Waals surface area contributed by atoms with Crippen LogP contribution >= 0.6 is 0 Å². The lowest BCUT2D eigenvalue weighted by Gasteiger charge is -2.25. The van der Waals surface area contributed by atoms with Crippen LogP contribution in [0.2, 0.25) is 0 Å². The van der Waals surface area contributed by atoms with E-state index in [2.05, 4.69) is 41.4 Å². The van der Waals surface area contributed by atoms with Gasteiger partial charge in [0.1, 0.15) is 0 Å². The molecule has 114 valence electrons. The third kappa shape index (κ3) is 3.05. The Morgan fingerprint density at radius 1 is 1.33 bits per heavy atom. The molecule has 2 aliphatic rings. The van der Waals surface area contributed by atoms with E-state index in [1.54, 1.807) is 0 Å². The first-order valence-electron chi connectivity index (χ1n) is 8.08. The van der Waals surface area contributed by atoms with Crippen LogP contribution in [0.5, 0.6) is 0 Å². The van der Waals surface area contributed by atoms with E-state index in [1.165, 1.54) is 11.3 Å². The molecule has 0 amide bonds. The van der Waals surface area contributed by atoms with Gasteiger partial charge in [0.05, 0.1) is 12.1 Å². The van der Waals surface area contributed by atoms with Gasteiger partial charge >= 0.3 is 0 Å². The van der Waals surface area contributed by atoms with Crippen LogP contribution in [0, 0.1) is 0 Å². The highest BCUT2D eigenvalue weighted by Gasteiger charge is 2.31. The van der Waals surface area contributed by atoms with Crippen molar-refractivity contribution in [2.75, 3.05) is 24.5 Å². The quantitative estimate of drug-likeness (QED) is 0.662. The number of hydrogen-bond acceptors (Lipinski definition) is 2. The Labute approximate surface area is 126 Å². The van der Waals surface area contributed by atoms with Crippen LogP contribution in [0.25, 0.3) is 0 Å². The third-order valence-corrected chi connectivity index (χ3v) is 4.54. The summed E-state index contributed by atoms with van der Waals surface area (Å²) in [5.74, 6) is 0.905. The molecule has 3 rings (SSSR count). The highest BCUT2D eigenvalue weighted by Crippen LogP contribution is 2.30. The number of para-hydroxylation sites is 1. The van der Waals surface area contributed by atoms with Crippen molar-refractivity contribution < 1.29 is 5.11 Å². The SMILES string of the molecule is CCNC(=NCC1(O)CCCC1)N1CCc2ccccc21. The number of hydrogen-bond donors (Lipinski definition) is 2. The lowest BCUT2D eigenvalue weighted by atomic mass is 10.0. The molecule has 21 heavy (non-hydrogen) atoms. The third-order valence-electron chi connectivity index (χ3n) is 4.54. The Balaban J connectivity index is 1.79. The summed E-state index contributed by atoms with van der Waals surface area (Å²) in [7, 11) is 0. The van der Waals surface area contributed by atoms with Gasteiger partial charge < -0.3 is 15.3 Å². The van der Waals surface area contributed by atoms with Gasteiger partial charge in [0.15, 0.2) is 5.96 Å². The number of aliphatic hydroxyl groups is 1. The summed E-state index contributed by atoms with van der Waals surface area (Å²) >= 11 is 0. The number of rotatable bonds is 3. The van der Waals surface area contributed by atoms with Crippen molar-refractivity contribution in [3.8, 4) is 0 Å². The van der Waals surface area contributed by atoms with Gasteiger partial charge in [0.25, 0.3) is 0 Å². The van der Waals surface area contributed by atoms with Gasteiger partial charge in [-0.3, -0.25) is 0 Å². The van der Waals surface area contributed by atoms with Gasteiger partial charge in [-0.15, -0.1) is 0 Å². The van der Waals surface area contributed by atoms with Crippen molar-refractivity contribution in [1.82, 2.24) is 5.32 Å². The summed E-state index contributed by atoms with van der Waals surface area (Å²) in [5, 5.41) is 13.9. The zero-order chi connectivity index (χ0) is 14.7. The number of anilines is 1. The normalized spacial score (nSPS) is 20.7. The molecule has 1 aliphatic carbocycles. The number of nitrogens with one attached hydrogen (secondary N) is 1. The molecule has 1 aromatic rings. The molecule has 0 unspecified atom stereocenters. The Kier molecular flexibility index (Phi) is 4.15. The molecule has 0 atom stereocenters. The van der Waals surface area contributed by atoms with E-state index in [0.717, 1.165) is 51.2 Å². The summed E-state index contributed by atoms with van der Waals surface area (Å²) in [6.45, 7) is 4.40. The van der Waals surface area contributed by atoms with Crippen LogP contribution in [0.15, 0.2) is 29.3 Å². The first kappa shape index (κ1) is 14.4. The molecule has 1 aromatic carbocycles. The number of benzene rings is 1. The lowest BCUT2D eigenvalue weighted by Crippen LogP contribution is -2.42. The molecule has 0 aromatic heterocycles.